The highest BCUT2D eigenvalue weighted by Gasteiger charge is 2.19. The Kier molecular flexibility index (Phi) is 7.44. The van der Waals surface area contributed by atoms with Crippen LogP contribution in [0.4, 0.5) is 5.82 Å². The summed E-state index contributed by atoms with van der Waals surface area (Å²) >= 11 is 0. The van der Waals surface area contributed by atoms with Crippen LogP contribution in [0.3, 0.4) is 0 Å². The fourth-order valence-corrected chi connectivity index (χ4v) is 4.97. The van der Waals surface area contributed by atoms with E-state index in [1.54, 1.807) is 6.20 Å². The van der Waals surface area contributed by atoms with Crippen molar-refractivity contribution in [2.24, 2.45) is 0 Å². The van der Waals surface area contributed by atoms with Gasteiger partial charge in [0.2, 0.25) is 0 Å². The van der Waals surface area contributed by atoms with Crippen molar-refractivity contribution in [3.05, 3.63) is 84.2 Å². The quantitative estimate of drug-likeness (QED) is 0.343. The molecule has 0 saturated carbocycles. The van der Waals surface area contributed by atoms with Crippen molar-refractivity contribution in [2.75, 3.05) is 25.4 Å². The van der Waals surface area contributed by atoms with E-state index in [2.05, 4.69) is 70.0 Å². The molecule has 3 N–H and O–H groups in total. The lowest BCUT2D eigenvalue weighted by atomic mass is 10.1. The number of rotatable bonds is 7. The Morgan fingerprint density at radius 1 is 1.14 bits per heavy atom. The number of piperazine rings is 1. The second-order valence-electron chi connectivity index (χ2n) is 9.57. The van der Waals surface area contributed by atoms with Gasteiger partial charge in [-0.3, -0.25) is 9.47 Å². The topological polar surface area (TPSA) is 84.9 Å². The van der Waals surface area contributed by atoms with Crippen LogP contribution in [0.5, 0.6) is 0 Å². The Bertz CT molecular complexity index is 1430. The van der Waals surface area contributed by atoms with E-state index < -0.39 is 0 Å². The zero-order valence-electron chi connectivity index (χ0n) is 21.9. The minimum atomic E-state index is 0.448. The number of nitrogens with two attached hydrogens (primary N) is 1. The molecule has 1 fully saturated rings. The largest absolute Gasteiger partial charge is 0.383 e. The molecule has 0 radical (unpaired) electrons. The summed E-state index contributed by atoms with van der Waals surface area (Å²) in [5, 5.41) is 3.51. The van der Waals surface area contributed by atoms with Gasteiger partial charge in [0.1, 0.15) is 11.3 Å². The van der Waals surface area contributed by atoms with Gasteiger partial charge in [0.05, 0.1) is 11.3 Å². The lowest BCUT2D eigenvalue weighted by Gasteiger charge is -2.31. The minimum Gasteiger partial charge on any atom is -0.383 e. The molecule has 5 rings (SSSR count). The van der Waals surface area contributed by atoms with E-state index in [-0.39, 0.29) is 0 Å². The third kappa shape index (κ3) is 5.33. The smallest absolute Gasteiger partial charge is 0.165 e. The average molecular weight is 494 g/mol. The summed E-state index contributed by atoms with van der Waals surface area (Å²) < 4.78 is 2.10. The number of anilines is 1. The van der Waals surface area contributed by atoms with Gasteiger partial charge in [-0.05, 0) is 67.8 Å². The second-order valence-corrected chi connectivity index (χ2v) is 9.57. The number of imidazole rings is 1. The molecule has 4 heterocycles. The van der Waals surface area contributed by atoms with E-state index >= 15 is 0 Å². The molecule has 4 aromatic rings. The van der Waals surface area contributed by atoms with Crippen LogP contribution in [0.25, 0.3) is 33.8 Å². The molecule has 37 heavy (non-hydrogen) atoms. The van der Waals surface area contributed by atoms with Gasteiger partial charge in [0, 0.05) is 44.1 Å². The van der Waals surface area contributed by atoms with Gasteiger partial charge in [0.25, 0.3) is 0 Å². The van der Waals surface area contributed by atoms with Crippen molar-refractivity contribution in [1.29, 1.82) is 0 Å². The van der Waals surface area contributed by atoms with Crippen molar-refractivity contribution in [3.63, 3.8) is 0 Å². The van der Waals surface area contributed by atoms with E-state index in [0.29, 0.717) is 11.9 Å². The zero-order valence-corrected chi connectivity index (χ0v) is 21.9. The number of fused-ring (bicyclic) bond motifs is 1. The molecule has 1 saturated heterocycles. The first kappa shape index (κ1) is 24.9. The van der Waals surface area contributed by atoms with Crippen LogP contribution in [0.15, 0.2) is 73.0 Å². The molecule has 1 aliphatic heterocycles. The molecule has 1 aliphatic rings. The number of nitrogens with zero attached hydrogens (tertiary/aromatic N) is 5. The SMILES string of the molecule is C/C=C\C(=C/CC)c1ccc2nc(-c3cccnc3N)n(-c3ccc(CN4CCNC(C)C4)cc3)c2n1. The summed E-state index contributed by atoms with van der Waals surface area (Å²) in [7, 11) is 0. The van der Waals surface area contributed by atoms with Gasteiger partial charge in [0.15, 0.2) is 11.5 Å². The first-order valence-corrected chi connectivity index (χ1v) is 13.1. The predicted molar refractivity (Wildman–Crippen MR) is 152 cm³/mol. The van der Waals surface area contributed by atoms with E-state index in [1.165, 1.54) is 5.56 Å². The van der Waals surface area contributed by atoms with Crippen molar-refractivity contribution in [1.82, 2.24) is 29.7 Å². The van der Waals surface area contributed by atoms with E-state index in [1.807, 2.05) is 37.3 Å². The third-order valence-corrected chi connectivity index (χ3v) is 6.70. The first-order valence-electron chi connectivity index (χ1n) is 13.1. The summed E-state index contributed by atoms with van der Waals surface area (Å²) in [4.78, 5) is 16.9. The lowest BCUT2D eigenvalue weighted by Crippen LogP contribution is -2.48. The van der Waals surface area contributed by atoms with Gasteiger partial charge in [-0.25, -0.2) is 15.0 Å². The van der Waals surface area contributed by atoms with E-state index in [0.717, 1.165) is 72.1 Å². The summed E-state index contributed by atoms with van der Waals surface area (Å²) in [5.74, 6) is 1.19. The normalized spacial score (nSPS) is 17.2. The molecule has 7 heteroatoms. The van der Waals surface area contributed by atoms with Crippen LogP contribution in [-0.4, -0.2) is 50.1 Å². The van der Waals surface area contributed by atoms with Crippen LogP contribution in [-0.2, 0) is 6.54 Å². The highest BCUT2D eigenvalue weighted by molar-refractivity contribution is 5.85. The summed E-state index contributed by atoms with van der Waals surface area (Å²) in [5.41, 5.74) is 13.0. The van der Waals surface area contributed by atoms with Gasteiger partial charge in [-0.1, -0.05) is 37.3 Å². The van der Waals surface area contributed by atoms with Gasteiger partial charge in [-0.15, -0.1) is 0 Å². The zero-order chi connectivity index (χ0) is 25.8. The van der Waals surface area contributed by atoms with Crippen LogP contribution < -0.4 is 11.1 Å². The number of hydrogen-bond acceptors (Lipinski definition) is 6. The van der Waals surface area contributed by atoms with Crippen molar-refractivity contribution in [2.45, 2.75) is 39.8 Å². The highest BCUT2D eigenvalue weighted by Crippen LogP contribution is 2.31. The first-order chi connectivity index (χ1) is 18.1. The second kappa shape index (κ2) is 11.1. The molecule has 190 valence electrons. The number of allylic oxidation sites excluding steroid dienone is 4. The molecule has 0 amide bonds. The Balaban J connectivity index is 1.60. The van der Waals surface area contributed by atoms with Crippen molar-refractivity contribution < 1.29 is 0 Å². The Morgan fingerprint density at radius 3 is 2.70 bits per heavy atom. The molecule has 1 aromatic carbocycles. The van der Waals surface area contributed by atoms with Crippen molar-refractivity contribution >= 4 is 22.6 Å². The molecular formula is C30H35N7. The number of nitrogens with one attached hydrogen (secondary N) is 1. The highest BCUT2D eigenvalue weighted by atomic mass is 15.2. The fraction of sp³-hybridized carbons (Fsp3) is 0.300. The van der Waals surface area contributed by atoms with Crippen molar-refractivity contribution in [3.8, 4) is 17.1 Å². The molecule has 7 nitrogen and oxygen atoms in total. The number of pyridine rings is 2. The molecule has 1 atom stereocenters. The van der Waals surface area contributed by atoms with E-state index in [9.17, 15) is 0 Å². The summed E-state index contributed by atoms with van der Waals surface area (Å²) in [6, 6.07) is 17.2. The number of nitrogen functional groups attached to an aromatic ring is 1. The Hall–Kier alpha value is -3.81. The van der Waals surface area contributed by atoms with Crippen LogP contribution in [0, 0.1) is 0 Å². The van der Waals surface area contributed by atoms with Crippen LogP contribution >= 0.6 is 0 Å². The molecule has 0 bridgehead atoms. The molecule has 0 spiro atoms. The van der Waals surface area contributed by atoms with Gasteiger partial charge < -0.3 is 11.1 Å². The number of benzene rings is 1. The molecule has 3 aromatic heterocycles. The number of aromatic nitrogens is 4. The predicted octanol–water partition coefficient (Wildman–Crippen LogP) is 5.23. The monoisotopic (exact) mass is 493 g/mol. The molecular weight excluding hydrogens is 458 g/mol. The molecule has 0 aliphatic carbocycles. The summed E-state index contributed by atoms with van der Waals surface area (Å²) in [6.45, 7) is 10.5. The lowest BCUT2D eigenvalue weighted by molar-refractivity contribution is 0.199. The average Bonchev–Trinajstić information content (AvgIpc) is 3.28. The Labute approximate surface area is 218 Å². The van der Waals surface area contributed by atoms with Crippen LogP contribution in [0.1, 0.15) is 38.4 Å². The third-order valence-electron chi connectivity index (χ3n) is 6.70. The fourth-order valence-electron chi connectivity index (χ4n) is 4.97. The number of hydrogen-bond donors (Lipinski definition) is 2. The van der Waals surface area contributed by atoms with Gasteiger partial charge >= 0.3 is 0 Å². The molecule has 1 unspecified atom stereocenters. The van der Waals surface area contributed by atoms with Gasteiger partial charge in [-0.2, -0.15) is 0 Å². The maximum Gasteiger partial charge on any atom is 0.165 e. The van der Waals surface area contributed by atoms with E-state index in [4.69, 9.17) is 15.7 Å². The van der Waals surface area contributed by atoms with Crippen LogP contribution in [0.2, 0.25) is 0 Å². The Morgan fingerprint density at radius 2 is 1.97 bits per heavy atom. The maximum absolute atomic E-state index is 6.30. The standard InChI is InChI=1S/C30H35N7/c1-4-7-23(8-5-2)26-14-15-27-30(34-26)37(29(35-27)25-9-6-16-33-28(25)31)24-12-10-22(11-13-24)20-36-18-17-32-21(3)19-36/h4,6-16,21,32H,5,17-20H2,1-3H3,(H2,31,33)/b7-4-,23-8+. The maximum atomic E-state index is 6.30. The summed E-state index contributed by atoms with van der Waals surface area (Å²) in [6.07, 6.45) is 8.98. The minimum absolute atomic E-state index is 0.448.